The van der Waals surface area contributed by atoms with Crippen LogP contribution >= 0.6 is 0 Å². The van der Waals surface area contributed by atoms with E-state index in [-0.39, 0.29) is 55.2 Å². The van der Waals surface area contributed by atoms with E-state index >= 15 is 0 Å². The number of carbonyl (C=O) groups is 4. The van der Waals surface area contributed by atoms with Gasteiger partial charge in [-0.25, -0.2) is 0 Å². The summed E-state index contributed by atoms with van der Waals surface area (Å²) >= 11 is 0. The van der Waals surface area contributed by atoms with Gasteiger partial charge < -0.3 is 24.7 Å². The van der Waals surface area contributed by atoms with E-state index in [4.69, 9.17) is 24.7 Å². The van der Waals surface area contributed by atoms with Crippen molar-refractivity contribution in [1.82, 2.24) is 0 Å². The molecule has 202 valence electrons. The van der Waals surface area contributed by atoms with Crippen LogP contribution in [-0.2, 0) is 35.1 Å². The van der Waals surface area contributed by atoms with Gasteiger partial charge in [-0.3, -0.25) is 19.2 Å². The first-order valence-corrected chi connectivity index (χ1v) is 12.6. The number of benzene rings is 1. The summed E-state index contributed by atoms with van der Waals surface area (Å²) in [5.74, 6) is -1.49. The average molecular weight is 508 g/mol. The van der Waals surface area contributed by atoms with Crippen molar-refractivity contribution in [2.24, 2.45) is 17.6 Å². The molecule has 0 heterocycles. The van der Waals surface area contributed by atoms with Crippen LogP contribution in [0.4, 0.5) is 0 Å². The van der Waals surface area contributed by atoms with E-state index in [1.54, 1.807) is 13.0 Å². The predicted molar refractivity (Wildman–Crippen MR) is 134 cm³/mol. The van der Waals surface area contributed by atoms with Crippen molar-refractivity contribution in [2.45, 2.75) is 92.2 Å². The molecule has 0 amide bonds. The second kappa shape index (κ2) is 15.9. The van der Waals surface area contributed by atoms with Gasteiger partial charge in [0.05, 0.1) is 0 Å². The van der Waals surface area contributed by atoms with Gasteiger partial charge in [-0.15, -0.1) is 0 Å². The minimum absolute atomic E-state index is 0.0865. The first-order valence-electron chi connectivity index (χ1n) is 12.6. The topological polar surface area (TPSA) is 131 Å². The highest BCUT2D eigenvalue weighted by Gasteiger charge is 2.21. The Kier molecular flexibility index (Phi) is 13.8. The molecule has 0 fully saturated rings. The minimum Gasteiger partial charge on any atom is -0.461 e. The maximum atomic E-state index is 12.4. The Morgan fingerprint density at radius 2 is 1.44 bits per heavy atom. The average Bonchev–Trinajstić information content (AvgIpc) is 2.76. The third-order valence-corrected chi connectivity index (χ3v) is 4.89. The highest BCUT2D eigenvalue weighted by Crippen LogP contribution is 2.30. The van der Waals surface area contributed by atoms with Crippen LogP contribution < -0.4 is 15.2 Å². The van der Waals surface area contributed by atoms with Crippen LogP contribution in [0.3, 0.4) is 0 Å². The zero-order valence-electron chi connectivity index (χ0n) is 22.3. The molecule has 1 rings (SSSR count). The molecule has 0 aliphatic rings. The summed E-state index contributed by atoms with van der Waals surface area (Å²) in [6.07, 6.45) is 1.85. The molecule has 0 bridgehead atoms. The third kappa shape index (κ3) is 12.7. The van der Waals surface area contributed by atoms with Gasteiger partial charge in [0.2, 0.25) is 0 Å². The molecule has 9 heteroatoms. The van der Waals surface area contributed by atoms with Crippen molar-refractivity contribution in [3.8, 4) is 11.5 Å². The first-order chi connectivity index (χ1) is 16.9. The number of hydrogen-bond acceptors (Lipinski definition) is 9. The fraction of sp³-hybridized carbons (Fsp3) is 0.630. The zero-order valence-corrected chi connectivity index (χ0v) is 22.3. The summed E-state index contributed by atoms with van der Waals surface area (Å²) in [6.45, 7) is 11.1. The summed E-state index contributed by atoms with van der Waals surface area (Å²) in [5, 5.41) is 0. The Morgan fingerprint density at radius 3 is 2.00 bits per heavy atom. The molecule has 0 saturated heterocycles. The lowest BCUT2D eigenvalue weighted by molar-refractivity contribution is -0.158. The smallest absolute Gasteiger partial charge is 0.323 e. The quantitative estimate of drug-likeness (QED) is 0.275. The Balaban J connectivity index is 2.82. The molecule has 9 nitrogen and oxygen atoms in total. The van der Waals surface area contributed by atoms with Crippen molar-refractivity contribution in [1.29, 1.82) is 0 Å². The van der Waals surface area contributed by atoms with Crippen LogP contribution in [0, 0.1) is 11.8 Å². The Morgan fingerprint density at radius 1 is 0.861 bits per heavy atom. The lowest BCUT2D eigenvalue weighted by Gasteiger charge is -2.17. The normalized spacial score (nSPS) is 12.7. The molecule has 1 aromatic carbocycles. The SMILES string of the molecule is CCCCC(=O)O[C@@H](C)COC(=O)[C@@H](N)Cc1ccc(OC(=O)CC(C)C)c(OC(=O)CC(C)C)c1. The van der Waals surface area contributed by atoms with Crippen LogP contribution in [0.5, 0.6) is 11.5 Å². The Labute approximate surface area is 214 Å². The van der Waals surface area contributed by atoms with Gasteiger partial charge in [0, 0.05) is 19.3 Å². The van der Waals surface area contributed by atoms with E-state index in [9.17, 15) is 19.2 Å². The second-order valence-electron chi connectivity index (χ2n) is 9.77. The number of nitrogens with two attached hydrogens (primary N) is 1. The molecular formula is C27H41NO8. The van der Waals surface area contributed by atoms with Crippen molar-refractivity contribution < 1.29 is 38.1 Å². The third-order valence-electron chi connectivity index (χ3n) is 4.89. The summed E-state index contributed by atoms with van der Waals surface area (Å²) in [4.78, 5) is 48.5. The van der Waals surface area contributed by atoms with E-state index in [0.717, 1.165) is 12.8 Å². The molecule has 0 aromatic heterocycles. The fourth-order valence-corrected chi connectivity index (χ4v) is 3.12. The monoisotopic (exact) mass is 507 g/mol. The van der Waals surface area contributed by atoms with E-state index < -0.39 is 30.1 Å². The van der Waals surface area contributed by atoms with Gasteiger partial charge in [-0.05, 0) is 49.3 Å². The van der Waals surface area contributed by atoms with E-state index in [1.165, 1.54) is 12.1 Å². The molecule has 36 heavy (non-hydrogen) atoms. The molecule has 0 aliphatic heterocycles. The summed E-state index contributed by atoms with van der Waals surface area (Å²) in [7, 11) is 0. The lowest BCUT2D eigenvalue weighted by Crippen LogP contribution is -2.36. The minimum atomic E-state index is -0.999. The molecule has 2 atom stereocenters. The number of rotatable bonds is 15. The van der Waals surface area contributed by atoms with Crippen molar-refractivity contribution in [3.63, 3.8) is 0 Å². The van der Waals surface area contributed by atoms with Crippen molar-refractivity contribution in [3.05, 3.63) is 23.8 Å². The number of esters is 4. The van der Waals surface area contributed by atoms with Crippen LogP contribution in [0.2, 0.25) is 0 Å². The first kappa shape index (κ1) is 31.1. The second-order valence-corrected chi connectivity index (χ2v) is 9.77. The lowest BCUT2D eigenvalue weighted by atomic mass is 10.1. The van der Waals surface area contributed by atoms with E-state index in [0.29, 0.717) is 12.0 Å². The predicted octanol–water partition coefficient (Wildman–Crippen LogP) is 4.12. The number of carbonyl (C=O) groups excluding carboxylic acids is 4. The van der Waals surface area contributed by atoms with Gasteiger partial charge >= 0.3 is 23.9 Å². The molecule has 0 spiro atoms. The number of unbranched alkanes of at least 4 members (excludes halogenated alkanes) is 1. The van der Waals surface area contributed by atoms with Crippen LogP contribution in [0.1, 0.15) is 79.2 Å². The zero-order chi connectivity index (χ0) is 27.3. The number of ether oxygens (including phenoxy) is 4. The summed E-state index contributed by atoms with van der Waals surface area (Å²) in [5.41, 5.74) is 6.61. The largest absolute Gasteiger partial charge is 0.461 e. The highest BCUT2D eigenvalue weighted by atomic mass is 16.6. The van der Waals surface area contributed by atoms with Gasteiger partial charge in [-0.1, -0.05) is 47.1 Å². The Hall–Kier alpha value is -2.94. The molecule has 0 aliphatic carbocycles. The van der Waals surface area contributed by atoms with Crippen LogP contribution in [0.15, 0.2) is 18.2 Å². The summed E-state index contributed by atoms with van der Waals surface area (Å²) < 4.78 is 21.3. The molecule has 2 N–H and O–H groups in total. The Bertz CT molecular complexity index is 881. The fourth-order valence-electron chi connectivity index (χ4n) is 3.12. The van der Waals surface area contributed by atoms with Gasteiger partial charge in [-0.2, -0.15) is 0 Å². The highest BCUT2D eigenvalue weighted by molar-refractivity contribution is 5.77. The molecule has 0 radical (unpaired) electrons. The van der Waals surface area contributed by atoms with E-state index in [2.05, 4.69) is 0 Å². The summed E-state index contributed by atoms with van der Waals surface area (Å²) in [6, 6.07) is 3.69. The maximum Gasteiger partial charge on any atom is 0.323 e. The van der Waals surface area contributed by atoms with E-state index in [1.807, 2.05) is 34.6 Å². The standard InChI is InChI=1S/C27H41NO8/c1-7-8-9-24(29)34-19(6)16-33-27(32)21(28)14-20-10-11-22(35-25(30)12-17(2)3)23(15-20)36-26(31)13-18(4)5/h10-11,15,17-19,21H,7-9,12-14,16,28H2,1-6H3/t19-,21-/m0/s1. The molecular weight excluding hydrogens is 466 g/mol. The van der Waals surface area contributed by atoms with Gasteiger partial charge in [0.25, 0.3) is 0 Å². The van der Waals surface area contributed by atoms with Gasteiger partial charge in [0.15, 0.2) is 11.5 Å². The molecule has 1 aromatic rings. The van der Waals surface area contributed by atoms with Crippen molar-refractivity contribution in [2.75, 3.05) is 6.61 Å². The van der Waals surface area contributed by atoms with Crippen LogP contribution in [-0.4, -0.2) is 42.6 Å². The maximum absolute atomic E-state index is 12.4. The van der Waals surface area contributed by atoms with Gasteiger partial charge in [0.1, 0.15) is 18.8 Å². The molecule has 0 unspecified atom stereocenters. The van der Waals surface area contributed by atoms with Crippen molar-refractivity contribution >= 4 is 23.9 Å². The number of hydrogen-bond donors (Lipinski definition) is 1. The van der Waals surface area contributed by atoms with Crippen LogP contribution in [0.25, 0.3) is 0 Å². The molecule has 0 saturated carbocycles.